The molecular weight excluding hydrogens is 246 g/mol. The third kappa shape index (κ3) is 2.07. The van der Waals surface area contributed by atoms with Gasteiger partial charge in [0, 0.05) is 4.47 Å². The molecule has 0 bridgehead atoms. The lowest BCUT2D eigenvalue weighted by molar-refractivity contribution is 0.0527. The molecule has 0 aliphatic heterocycles. The van der Waals surface area contributed by atoms with Gasteiger partial charge >= 0.3 is 5.97 Å². The molecule has 0 radical (unpaired) electrons. The van der Waals surface area contributed by atoms with E-state index in [1.165, 1.54) is 0 Å². The molecule has 2 N–H and O–H groups in total. The summed E-state index contributed by atoms with van der Waals surface area (Å²) in [6.07, 6.45) is 0. The van der Waals surface area contributed by atoms with Crippen LogP contribution in [0.2, 0.25) is 0 Å². The molecule has 0 unspecified atom stereocenters. The van der Waals surface area contributed by atoms with Gasteiger partial charge in [-0.2, -0.15) is 0 Å². The Morgan fingerprint density at radius 3 is 2.79 bits per heavy atom. The van der Waals surface area contributed by atoms with E-state index < -0.39 is 0 Å². The summed E-state index contributed by atoms with van der Waals surface area (Å²) in [5.74, 6) is -0.374. The lowest BCUT2D eigenvalue weighted by Crippen LogP contribution is -2.09. The maximum atomic E-state index is 11.4. The molecule has 0 fully saturated rings. The number of carbonyl (C=O) groups is 1. The van der Waals surface area contributed by atoms with Gasteiger partial charge in [0.1, 0.15) is 0 Å². The Balaban J connectivity index is 3.11. The number of benzene rings is 1. The zero-order chi connectivity index (χ0) is 10.7. The van der Waals surface area contributed by atoms with E-state index in [0.29, 0.717) is 17.9 Å². The first-order valence-electron chi connectivity index (χ1n) is 4.29. The van der Waals surface area contributed by atoms with Crippen LogP contribution in [0, 0.1) is 6.92 Å². The van der Waals surface area contributed by atoms with Crippen molar-refractivity contribution in [2.24, 2.45) is 0 Å². The highest BCUT2D eigenvalue weighted by atomic mass is 79.9. The second kappa shape index (κ2) is 4.46. The van der Waals surface area contributed by atoms with Gasteiger partial charge in [-0.15, -0.1) is 0 Å². The second-order valence-corrected chi connectivity index (χ2v) is 3.71. The Kier molecular flexibility index (Phi) is 3.52. The molecule has 0 saturated carbocycles. The molecule has 0 heterocycles. The number of halogens is 1. The van der Waals surface area contributed by atoms with Gasteiger partial charge in [0.2, 0.25) is 0 Å². The lowest BCUT2D eigenvalue weighted by Gasteiger charge is -2.08. The third-order valence-corrected chi connectivity index (χ3v) is 2.80. The normalized spacial score (nSPS) is 9.93. The molecule has 0 saturated heterocycles. The van der Waals surface area contributed by atoms with E-state index >= 15 is 0 Å². The van der Waals surface area contributed by atoms with Crippen LogP contribution in [0.15, 0.2) is 16.6 Å². The van der Waals surface area contributed by atoms with Gasteiger partial charge in [-0.25, -0.2) is 4.79 Å². The van der Waals surface area contributed by atoms with Crippen LogP contribution in [0.5, 0.6) is 0 Å². The minimum Gasteiger partial charge on any atom is -0.462 e. The van der Waals surface area contributed by atoms with Crippen LogP contribution in [0.4, 0.5) is 5.69 Å². The monoisotopic (exact) mass is 257 g/mol. The first-order chi connectivity index (χ1) is 6.57. The van der Waals surface area contributed by atoms with E-state index in [-0.39, 0.29) is 5.97 Å². The van der Waals surface area contributed by atoms with E-state index in [9.17, 15) is 4.79 Å². The van der Waals surface area contributed by atoms with Crippen LogP contribution in [0.25, 0.3) is 0 Å². The minimum absolute atomic E-state index is 0.355. The van der Waals surface area contributed by atoms with Crippen molar-refractivity contribution in [3.05, 3.63) is 27.7 Å². The third-order valence-electron chi connectivity index (χ3n) is 1.94. The number of ether oxygens (including phenoxy) is 1. The standard InChI is InChI=1S/C10H12BrNO2/c1-3-14-10(13)7-4-5-8(11)6(2)9(7)12/h4-5H,3,12H2,1-2H3. The summed E-state index contributed by atoms with van der Waals surface area (Å²) in [5.41, 5.74) is 7.53. The van der Waals surface area contributed by atoms with Gasteiger partial charge in [-0.1, -0.05) is 15.9 Å². The highest BCUT2D eigenvalue weighted by Crippen LogP contribution is 2.25. The van der Waals surface area contributed by atoms with Gasteiger partial charge in [-0.05, 0) is 31.5 Å². The maximum absolute atomic E-state index is 11.4. The van der Waals surface area contributed by atoms with Crippen molar-refractivity contribution in [3.8, 4) is 0 Å². The molecule has 14 heavy (non-hydrogen) atoms. The number of esters is 1. The van der Waals surface area contributed by atoms with Crippen LogP contribution in [-0.2, 0) is 4.74 Å². The summed E-state index contributed by atoms with van der Waals surface area (Å²) < 4.78 is 5.76. The van der Waals surface area contributed by atoms with E-state index in [2.05, 4.69) is 15.9 Å². The fourth-order valence-electron chi connectivity index (χ4n) is 1.09. The summed E-state index contributed by atoms with van der Waals surface area (Å²) in [4.78, 5) is 11.4. The van der Waals surface area contributed by atoms with Crippen molar-refractivity contribution in [1.29, 1.82) is 0 Å². The van der Waals surface area contributed by atoms with Crippen molar-refractivity contribution < 1.29 is 9.53 Å². The Morgan fingerprint density at radius 1 is 1.57 bits per heavy atom. The summed E-state index contributed by atoms with van der Waals surface area (Å²) in [7, 11) is 0. The van der Waals surface area contributed by atoms with Crippen molar-refractivity contribution in [1.82, 2.24) is 0 Å². The first-order valence-corrected chi connectivity index (χ1v) is 5.09. The van der Waals surface area contributed by atoms with Crippen molar-refractivity contribution >= 4 is 27.6 Å². The van der Waals surface area contributed by atoms with Crippen LogP contribution >= 0.6 is 15.9 Å². The van der Waals surface area contributed by atoms with Gasteiger partial charge in [0.25, 0.3) is 0 Å². The van der Waals surface area contributed by atoms with Crippen molar-refractivity contribution in [2.75, 3.05) is 12.3 Å². The second-order valence-electron chi connectivity index (χ2n) is 2.85. The van der Waals surface area contributed by atoms with E-state index in [0.717, 1.165) is 10.0 Å². The fraction of sp³-hybridized carbons (Fsp3) is 0.300. The molecule has 0 aliphatic rings. The number of nitrogens with two attached hydrogens (primary N) is 1. The topological polar surface area (TPSA) is 52.3 Å². The molecule has 1 aromatic rings. The fourth-order valence-corrected chi connectivity index (χ4v) is 1.43. The molecule has 0 atom stereocenters. The van der Waals surface area contributed by atoms with Crippen molar-refractivity contribution in [3.63, 3.8) is 0 Å². The Morgan fingerprint density at radius 2 is 2.21 bits per heavy atom. The van der Waals surface area contributed by atoms with Gasteiger partial charge in [0.15, 0.2) is 0 Å². The number of hydrogen-bond acceptors (Lipinski definition) is 3. The molecule has 76 valence electrons. The predicted octanol–water partition coefficient (Wildman–Crippen LogP) is 2.52. The quantitative estimate of drug-likeness (QED) is 0.655. The number of nitrogen functional groups attached to an aromatic ring is 1. The van der Waals surface area contributed by atoms with Gasteiger partial charge in [-0.3, -0.25) is 0 Å². The minimum atomic E-state index is -0.374. The van der Waals surface area contributed by atoms with Crippen LogP contribution in [0.3, 0.4) is 0 Å². The average Bonchev–Trinajstić information content (AvgIpc) is 2.15. The summed E-state index contributed by atoms with van der Waals surface area (Å²) >= 11 is 3.34. The predicted molar refractivity (Wildman–Crippen MR) is 59.2 cm³/mol. The highest BCUT2D eigenvalue weighted by Gasteiger charge is 2.13. The number of anilines is 1. The molecule has 0 spiro atoms. The van der Waals surface area contributed by atoms with Crippen LogP contribution in [-0.4, -0.2) is 12.6 Å². The molecule has 1 rings (SSSR count). The molecule has 1 aromatic carbocycles. The number of carbonyl (C=O) groups excluding carboxylic acids is 1. The zero-order valence-electron chi connectivity index (χ0n) is 8.13. The molecule has 0 aromatic heterocycles. The largest absolute Gasteiger partial charge is 0.462 e. The maximum Gasteiger partial charge on any atom is 0.340 e. The van der Waals surface area contributed by atoms with Gasteiger partial charge < -0.3 is 10.5 Å². The Labute approximate surface area is 91.4 Å². The first kappa shape index (κ1) is 11.0. The van der Waals surface area contributed by atoms with E-state index in [1.807, 2.05) is 6.92 Å². The SMILES string of the molecule is CCOC(=O)c1ccc(Br)c(C)c1N. The van der Waals surface area contributed by atoms with Crippen LogP contribution < -0.4 is 5.73 Å². The summed E-state index contributed by atoms with van der Waals surface area (Å²) in [6, 6.07) is 3.45. The van der Waals surface area contributed by atoms with E-state index in [4.69, 9.17) is 10.5 Å². The molecule has 4 heteroatoms. The smallest absolute Gasteiger partial charge is 0.340 e. The summed E-state index contributed by atoms with van der Waals surface area (Å²) in [6.45, 7) is 3.97. The molecular formula is C10H12BrNO2. The molecule has 0 amide bonds. The molecule has 0 aliphatic carbocycles. The zero-order valence-corrected chi connectivity index (χ0v) is 9.72. The Hall–Kier alpha value is -1.03. The summed E-state index contributed by atoms with van der Waals surface area (Å²) in [5, 5.41) is 0. The molecule has 3 nitrogen and oxygen atoms in total. The van der Waals surface area contributed by atoms with E-state index in [1.54, 1.807) is 19.1 Å². The Bertz CT molecular complexity index is 363. The number of rotatable bonds is 2. The average molecular weight is 258 g/mol. The van der Waals surface area contributed by atoms with Crippen LogP contribution in [0.1, 0.15) is 22.8 Å². The van der Waals surface area contributed by atoms with Crippen molar-refractivity contribution in [2.45, 2.75) is 13.8 Å². The highest BCUT2D eigenvalue weighted by molar-refractivity contribution is 9.10. The lowest BCUT2D eigenvalue weighted by atomic mass is 10.1. The van der Waals surface area contributed by atoms with Gasteiger partial charge in [0.05, 0.1) is 17.9 Å². The number of hydrogen-bond donors (Lipinski definition) is 1.